The Bertz CT molecular complexity index is 857. The zero-order valence-electron chi connectivity index (χ0n) is 12.3. The maximum absolute atomic E-state index is 11.1. The van der Waals surface area contributed by atoms with Gasteiger partial charge in [0.2, 0.25) is 5.88 Å². The van der Waals surface area contributed by atoms with Gasteiger partial charge in [0, 0.05) is 23.0 Å². The van der Waals surface area contributed by atoms with Crippen molar-refractivity contribution >= 4 is 17.6 Å². The summed E-state index contributed by atoms with van der Waals surface area (Å²) in [6.45, 7) is 0.0858. The molecule has 0 radical (unpaired) electrons. The lowest BCUT2D eigenvalue weighted by atomic mass is 10.1. The van der Waals surface area contributed by atoms with Crippen LogP contribution in [0.1, 0.15) is 16.3 Å². The Balaban J connectivity index is 1.95. The van der Waals surface area contributed by atoms with E-state index in [1.165, 1.54) is 0 Å². The Kier molecular flexibility index (Phi) is 4.62. The summed E-state index contributed by atoms with van der Waals surface area (Å²) in [5.74, 6) is -0.505. The third-order valence-electron chi connectivity index (χ3n) is 3.03. The first-order chi connectivity index (χ1) is 11.6. The van der Waals surface area contributed by atoms with Gasteiger partial charge in [-0.3, -0.25) is 0 Å². The first-order valence-electron chi connectivity index (χ1n) is 6.88. The largest absolute Gasteiger partial charge is 0.476 e. The molecule has 120 valence electrons. The fourth-order valence-electron chi connectivity index (χ4n) is 1.92. The van der Waals surface area contributed by atoms with Crippen LogP contribution in [0.3, 0.4) is 0 Å². The Morgan fingerprint density at radius 2 is 1.83 bits per heavy atom. The average molecular weight is 343 g/mol. The van der Waals surface area contributed by atoms with Crippen LogP contribution in [0.15, 0.2) is 48.9 Å². The maximum Gasteiger partial charge on any atom is 0.356 e. The number of nitrogens with zero attached hydrogens (tertiary/aromatic N) is 4. The highest BCUT2D eigenvalue weighted by Gasteiger charge is 2.15. The highest BCUT2D eigenvalue weighted by molar-refractivity contribution is 6.30. The third-order valence-corrected chi connectivity index (χ3v) is 3.28. The molecule has 0 aliphatic rings. The van der Waals surface area contributed by atoms with Crippen LogP contribution in [0.4, 0.5) is 0 Å². The Morgan fingerprint density at radius 1 is 1.12 bits per heavy atom. The number of carboxylic acids is 1. The zero-order valence-corrected chi connectivity index (χ0v) is 13.0. The molecule has 2 aromatic heterocycles. The predicted molar refractivity (Wildman–Crippen MR) is 85.8 cm³/mol. The second kappa shape index (κ2) is 7.01. The predicted octanol–water partition coefficient (Wildman–Crippen LogP) is 2.86. The SMILES string of the molecule is O=C(O)c1cnc(OCc2ncccn2)c(-c2ccc(Cl)cc2)n1. The van der Waals surface area contributed by atoms with Crippen molar-refractivity contribution in [3.63, 3.8) is 0 Å². The molecule has 0 spiro atoms. The second-order valence-electron chi connectivity index (χ2n) is 4.67. The number of carboxylic acid groups (broad SMARTS) is 1. The van der Waals surface area contributed by atoms with Crippen LogP contribution in [-0.2, 0) is 6.61 Å². The van der Waals surface area contributed by atoms with Crippen molar-refractivity contribution in [1.29, 1.82) is 0 Å². The minimum Gasteiger partial charge on any atom is -0.476 e. The molecule has 0 aliphatic carbocycles. The van der Waals surface area contributed by atoms with Gasteiger partial charge in [-0.05, 0) is 18.2 Å². The van der Waals surface area contributed by atoms with Crippen LogP contribution in [0.5, 0.6) is 5.88 Å². The van der Waals surface area contributed by atoms with E-state index >= 15 is 0 Å². The highest BCUT2D eigenvalue weighted by atomic mass is 35.5. The van der Waals surface area contributed by atoms with Gasteiger partial charge in [-0.1, -0.05) is 23.7 Å². The van der Waals surface area contributed by atoms with Crippen molar-refractivity contribution in [2.24, 2.45) is 0 Å². The number of halogens is 1. The molecule has 3 rings (SSSR count). The average Bonchev–Trinajstić information content (AvgIpc) is 2.61. The third kappa shape index (κ3) is 3.64. The van der Waals surface area contributed by atoms with E-state index in [1.807, 2.05) is 0 Å². The molecule has 0 unspecified atom stereocenters. The normalized spacial score (nSPS) is 10.4. The van der Waals surface area contributed by atoms with E-state index < -0.39 is 5.97 Å². The maximum atomic E-state index is 11.1. The summed E-state index contributed by atoms with van der Waals surface area (Å²) in [6.07, 6.45) is 4.35. The standard InChI is InChI=1S/C16H11ClN4O3/c17-11-4-2-10(3-5-11)14-15(20-8-12(21-14)16(22)23)24-9-13-18-6-1-7-19-13/h1-8H,9H2,(H,22,23). The van der Waals surface area contributed by atoms with Gasteiger partial charge < -0.3 is 9.84 Å². The van der Waals surface area contributed by atoms with Gasteiger partial charge in [-0.25, -0.2) is 24.7 Å². The second-order valence-corrected chi connectivity index (χ2v) is 5.11. The van der Waals surface area contributed by atoms with Crippen LogP contribution < -0.4 is 4.74 Å². The lowest BCUT2D eigenvalue weighted by Gasteiger charge is -2.10. The molecule has 1 aromatic carbocycles. The first-order valence-corrected chi connectivity index (χ1v) is 7.26. The number of hydrogen-bond donors (Lipinski definition) is 1. The fraction of sp³-hybridized carbons (Fsp3) is 0.0625. The minimum absolute atomic E-state index is 0.0858. The molecule has 0 bridgehead atoms. The number of carbonyl (C=O) groups is 1. The highest BCUT2D eigenvalue weighted by Crippen LogP contribution is 2.27. The molecular weight excluding hydrogens is 332 g/mol. The number of ether oxygens (including phenoxy) is 1. The van der Waals surface area contributed by atoms with Crippen molar-refractivity contribution in [3.05, 3.63) is 65.5 Å². The monoisotopic (exact) mass is 342 g/mol. The number of aromatic nitrogens is 4. The van der Waals surface area contributed by atoms with Crippen molar-refractivity contribution in [2.45, 2.75) is 6.61 Å². The molecular formula is C16H11ClN4O3. The summed E-state index contributed by atoms with van der Waals surface area (Å²) in [5.41, 5.74) is 0.768. The molecule has 0 saturated heterocycles. The fourth-order valence-corrected chi connectivity index (χ4v) is 2.05. The van der Waals surface area contributed by atoms with E-state index in [4.69, 9.17) is 21.4 Å². The lowest BCUT2D eigenvalue weighted by molar-refractivity contribution is 0.0690. The van der Waals surface area contributed by atoms with Crippen molar-refractivity contribution in [2.75, 3.05) is 0 Å². The van der Waals surface area contributed by atoms with Crippen LogP contribution >= 0.6 is 11.6 Å². The quantitative estimate of drug-likeness (QED) is 0.761. The van der Waals surface area contributed by atoms with Crippen LogP contribution in [0.2, 0.25) is 5.02 Å². The van der Waals surface area contributed by atoms with Crippen LogP contribution in [0, 0.1) is 0 Å². The van der Waals surface area contributed by atoms with Gasteiger partial charge >= 0.3 is 5.97 Å². The molecule has 0 aliphatic heterocycles. The molecule has 0 atom stereocenters. The van der Waals surface area contributed by atoms with Crippen LogP contribution in [0.25, 0.3) is 11.3 Å². The van der Waals surface area contributed by atoms with E-state index in [9.17, 15) is 4.79 Å². The van der Waals surface area contributed by atoms with Gasteiger partial charge in [-0.2, -0.15) is 0 Å². The molecule has 24 heavy (non-hydrogen) atoms. The van der Waals surface area contributed by atoms with Gasteiger partial charge in [-0.15, -0.1) is 0 Å². The molecule has 7 nitrogen and oxygen atoms in total. The Morgan fingerprint density at radius 3 is 2.50 bits per heavy atom. The van der Waals surface area contributed by atoms with Crippen LogP contribution in [-0.4, -0.2) is 31.0 Å². The van der Waals surface area contributed by atoms with E-state index in [0.29, 0.717) is 22.1 Å². The number of hydrogen-bond acceptors (Lipinski definition) is 6. The van der Waals surface area contributed by atoms with Crippen molar-refractivity contribution < 1.29 is 14.6 Å². The van der Waals surface area contributed by atoms with Crippen molar-refractivity contribution in [1.82, 2.24) is 19.9 Å². The molecule has 0 amide bonds. The van der Waals surface area contributed by atoms with E-state index in [1.54, 1.807) is 42.7 Å². The van der Waals surface area contributed by atoms with Gasteiger partial charge in [0.25, 0.3) is 0 Å². The molecule has 2 heterocycles. The van der Waals surface area contributed by atoms with Gasteiger partial charge in [0.1, 0.15) is 12.3 Å². The summed E-state index contributed by atoms with van der Waals surface area (Å²) in [5, 5.41) is 9.67. The smallest absolute Gasteiger partial charge is 0.356 e. The summed E-state index contributed by atoms with van der Waals surface area (Å²) < 4.78 is 5.62. The molecule has 0 fully saturated rings. The summed E-state index contributed by atoms with van der Waals surface area (Å²) in [6, 6.07) is 8.48. The van der Waals surface area contributed by atoms with Gasteiger partial charge in [0.05, 0.1) is 6.20 Å². The van der Waals surface area contributed by atoms with E-state index in [0.717, 1.165) is 6.20 Å². The first kappa shape index (κ1) is 15.8. The molecule has 3 aromatic rings. The molecule has 8 heteroatoms. The Hall–Kier alpha value is -3.06. The van der Waals surface area contributed by atoms with E-state index in [-0.39, 0.29) is 18.2 Å². The molecule has 1 N–H and O–H groups in total. The summed E-state index contributed by atoms with van der Waals surface area (Å²) >= 11 is 5.88. The Labute approximate surface area is 142 Å². The topological polar surface area (TPSA) is 98.1 Å². The van der Waals surface area contributed by atoms with Crippen molar-refractivity contribution in [3.8, 4) is 17.1 Å². The lowest BCUT2D eigenvalue weighted by Crippen LogP contribution is -2.07. The summed E-state index contributed by atoms with van der Waals surface area (Å²) in [4.78, 5) is 27.4. The number of aromatic carboxylic acids is 1. The molecule has 0 saturated carbocycles. The zero-order chi connectivity index (χ0) is 16.9. The summed E-state index contributed by atoms with van der Waals surface area (Å²) in [7, 11) is 0. The number of rotatable bonds is 5. The van der Waals surface area contributed by atoms with Gasteiger partial charge in [0.15, 0.2) is 11.5 Å². The number of benzene rings is 1. The minimum atomic E-state index is -1.17. The van der Waals surface area contributed by atoms with E-state index in [2.05, 4.69) is 19.9 Å².